The molecule has 3 nitrogen and oxygen atoms in total. The summed E-state index contributed by atoms with van der Waals surface area (Å²) in [5.74, 6) is 0. The third kappa shape index (κ3) is 1.72. The summed E-state index contributed by atoms with van der Waals surface area (Å²) in [5, 5.41) is 9.82. The Morgan fingerprint density at radius 2 is 2.00 bits per heavy atom. The Morgan fingerprint density at radius 1 is 1.20 bits per heavy atom. The van der Waals surface area contributed by atoms with Crippen LogP contribution in [0.3, 0.4) is 0 Å². The number of fused-ring (bicyclic) bond motifs is 1. The fraction of sp³-hybridized carbons (Fsp3) is 0. The van der Waals surface area contributed by atoms with Gasteiger partial charge in [-0.3, -0.25) is 4.79 Å². The monoisotopic (exact) mass is 199 g/mol. The van der Waals surface area contributed by atoms with Crippen LogP contribution >= 0.6 is 0 Å². The van der Waals surface area contributed by atoms with Crippen molar-refractivity contribution < 1.29 is 9.90 Å². The van der Waals surface area contributed by atoms with Crippen molar-refractivity contribution in [2.45, 2.75) is 0 Å². The molecule has 1 aromatic carbocycles. The molecule has 0 saturated heterocycles. The van der Waals surface area contributed by atoms with E-state index in [1.165, 1.54) is 0 Å². The number of carbonyl (C=O) groups is 1. The summed E-state index contributed by atoms with van der Waals surface area (Å²) in [5.41, 5.74) is 1.46. The van der Waals surface area contributed by atoms with Crippen LogP contribution in [0.5, 0.6) is 0 Å². The fourth-order valence-electron chi connectivity index (χ4n) is 1.38. The molecule has 74 valence electrons. The first-order chi connectivity index (χ1) is 7.35. The minimum absolute atomic E-state index is 0.181. The summed E-state index contributed by atoms with van der Waals surface area (Å²) < 4.78 is 0. The molecule has 1 N–H and O–H groups in total. The van der Waals surface area contributed by atoms with Crippen LogP contribution in [0.2, 0.25) is 0 Å². The van der Waals surface area contributed by atoms with Gasteiger partial charge in [0.15, 0.2) is 6.29 Å². The fourth-order valence-corrected chi connectivity index (χ4v) is 1.38. The van der Waals surface area contributed by atoms with Crippen LogP contribution in [0.25, 0.3) is 16.5 Å². The Balaban J connectivity index is 2.61. The summed E-state index contributed by atoms with van der Waals surface area (Å²) in [6, 6.07) is 11.2. The number of hydrogen-bond donors (Lipinski definition) is 1. The molecular formula is C12H9NO2. The van der Waals surface area contributed by atoms with Gasteiger partial charge in [0, 0.05) is 5.39 Å². The normalized spacial score (nSPS) is 11.6. The molecule has 0 saturated carbocycles. The van der Waals surface area contributed by atoms with E-state index in [0.29, 0.717) is 12.0 Å². The van der Waals surface area contributed by atoms with Crippen molar-refractivity contribution in [1.82, 2.24) is 4.98 Å². The van der Waals surface area contributed by atoms with Crippen LogP contribution in [0.15, 0.2) is 42.7 Å². The first-order valence-electron chi connectivity index (χ1n) is 4.51. The van der Waals surface area contributed by atoms with E-state index in [1.807, 2.05) is 30.3 Å². The molecule has 3 heteroatoms. The number of nitrogens with zero attached hydrogens (tertiary/aromatic N) is 1. The van der Waals surface area contributed by atoms with Gasteiger partial charge in [-0.05, 0) is 12.1 Å². The summed E-state index contributed by atoms with van der Waals surface area (Å²) in [4.78, 5) is 14.9. The Hall–Kier alpha value is -2.16. The molecule has 1 aromatic heterocycles. The molecule has 0 radical (unpaired) electrons. The minimum atomic E-state index is 0.181. The van der Waals surface area contributed by atoms with E-state index in [4.69, 9.17) is 5.11 Å². The lowest BCUT2D eigenvalue weighted by Crippen LogP contribution is -1.91. The average Bonchev–Trinajstić information content (AvgIpc) is 2.30. The van der Waals surface area contributed by atoms with E-state index in [-0.39, 0.29) is 5.57 Å². The summed E-state index contributed by atoms with van der Waals surface area (Å²) in [7, 11) is 0. The molecule has 0 fully saturated rings. The SMILES string of the molecule is O=C/C(=C/O)c1ccc2ccccc2n1. The second-order valence-electron chi connectivity index (χ2n) is 3.09. The zero-order valence-electron chi connectivity index (χ0n) is 7.92. The molecule has 0 aliphatic rings. The van der Waals surface area contributed by atoms with Crippen molar-refractivity contribution in [1.29, 1.82) is 0 Å². The van der Waals surface area contributed by atoms with Crippen molar-refractivity contribution in [3.05, 3.63) is 48.4 Å². The molecule has 0 bridgehead atoms. The number of benzene rings is 1. The second kappa shape index (κ2) is 3.92. The highest BCUT2D eigenvalue weighted by Gasteiger charge is 2.02. The molecule has 2 aromatic rings. The van der Waals surface area contributed by atoms with Gasteiger partial charge in [-0.15, -0.1) is 0 Å². The molecule has 0 amide bonds. The number of rotatable bonds is 2. The maximum Gasteiger partial charge on any atom is 0.155 e. The van der Waals surface area contributed by atoms with Gasteiger partial charge in [0.25, 0.3) is 0 Å². The van der Waals surface area contributed by atoms with Gasteiger partial charge in [-0.2, -0.15) is 0 Å². The summed E-state index contributed by atoms with van der Waals surface area (Å²) in [6.07, 6.45) is 1.35. The predicted molar refractivity (Wildman–Crippen MR) is 58.4 cm³/mol. The molecule has 0 unspecified atom stereocenters. The quantitative estimate of drug-likeness (QED) is 0.458. The first-order valence-corrected chi connectivity index (χ1v) is 4.51. The molecule has 0 aliphatic heterocycles. The predicted octanol–water partition coefficient (Wildman–Crippen LogP) is 2.33. The van der Waals surface area contributed by atoms with Crippen molar-refractivity contribution in [2.24, 2.45) is 0 Å². The van der Waals surface area contributed by atoms with E-state index < -0.39 is 0 Å². The number of aromatic nitrogens is 1. The maximum atomic E-state index is 10.6. The van der Waals surface area contributed by atoms with E-state index >= 15 is 0 Å². The number of aliphatic hydroxyl groups is 1. The topological polar surface area (TPSA) is 50.2 Å². The lowest BCUT2D eigenvalue weighted by molar-refractivity contribution is -0.103. The average molecular weight is 199 g/mol. The standard InChI is InChI=1S/C12H9NO2/c14-7-10(8-15)12-6-5-9-3-1-2-4-11(9)13-12/h1-8,14H/b10-7-. The van der Waals surface area contributed by atoms with E-state index in [1.54, 1.807) is 6.07 Å². The summed E-state index contributed by atoms with van der Waals surface area (Å²) in [6.45, 7) is 0. The van der Waals surface area contributed by atoms with Crippen molar-refractivity contribution in [2.75, 3.05) is 0 Å². The zero-order valence-corrected chi connectivity index (χ0v) is 7.92. The highest BCUT2D eigenvalue weighted by atomic mass is 16.2. The lowest BCUT2D eigenvalue weighted by atomic mass is 10.1. The van der Waals surface area contributed by atoms with Crippen LogP contribution < -0.4 is 0 Å². The van der Waals surface area contributed by atoms with E-state index in [0.717, 1.165) is 17.2 Å². The highest BCUT2D eigenvalue weighted by molar-refractivity contribution is 6.06. The van der Waals surface area contributed by atoms with Crippen LogP contribution in [-0.4, -0.2) is 16.4 Å². The van der Waals surface area contributed by atoms with Gasteiger partial charge in [0.2, 0.25) is 0 Å². The van der Waals surface area contributed by atoms with Crippen molar-refractivity contribution >= 4 is 22.8 Å². The number of carbonyl (C=O) groups excluding carboxylic acids is 1. The maximum absolute atomic E-state index is 10.6. The van der Waals surface area contributed by atoms with Crippen LogP contribution in [0.1, 0.15) is 5.69 Å². The number of para-hydroxylation sites is 1. The van der Waals surface area contributed by atoms with Crippen LogP contribution in [0.4, 0.5) is 0 Å². The molecule has 15 heavy (non-hydrogen) atoms. The van der Waals surface area contributed by atoms with Crippen molar-refractivity contribution in [3.63, 3.8) is 0 Å². The van der Waals surface area contributed by atoms with Gasteiger partial charge < -0.3 is 5.11 Å². The molecule has 0 atom stereocenters. The van der Waals surface area contributed by atoms with Crippen LogP contribution in [0, 0.1) is 0 Å². The van der Waals surface area contributed by atoms with E-state index in [9.17, 15) is 4.79 Å². The molecular weight excluding hydrogens is 190 g/mol. The number of allylic oxidation sites excluding steroid dienone is 1. The summed E-state index contributed by atoms with van der Waals surface area (Å²) >= 11 is 0. The van der Waals surface area contributed by atoms with Crippen molar-refractivity contribution in [3.8, 4) is 0 Å². The minimum Gasteiger partial charge on any atom is -0.515 e. The van der Waals surface area contributed by atoms with Gasteiger partial charge in [0.05, 0.1) is 23.0 Å². The third-order valence-electron chi connectivity index (χ3n) is 2.16. The van der Waals surface area contributed by atoms with Gasteiger partial charge >= 0.3 is 0 Å². The molecule has 1 heterocycles. The van der Waals surface area contributed by atoms with Crippen LogP contribution in [-0.2, 0) is 4.79 Å². The Bertz CT molecular complexity index is 532. The van der Waals surface area contributed by atoms with E-state index in [2.05, 4.69) is 4.98 Å². The lowest BCUT2D eigenvalue weighted by Gasteiger charge is -2.00. The van der Waals surface area contributed by atoms with Gasteiger partial charge in [-0.25, -0.2) is 4.98 Å². The van der Waals surface area contributed by atoms with Gasteiger partial charge in [-0.1, -0.05) is 24.3 Å². The second-order valence-corrected chi connectivity index (χ2v) is 3.09. The Labute approximate surface area is 86.7 Å². The Kier molecular flexibility index (Phi) is 2.46. The number of aldehydes is 1. The van der Waals surface area contributed by atoms with Gasteiger partial charge in [0.1, 0.15) is 0 Å². The largest absolute Gasteiger partial charge is 0.515 e. The number of aliphatic hydroxyl groups excluding tert-OH is 1. The molecule has 0 aliphatic carbocycles. The first kappa shape index (κ1) is 9.40. The highest BCUT2D eigenvalue weighted by Crippen LogP contribution is 2.15. The molecule has 0 spiro atoms. The number of pyridine rings is 1. The number of hydrogen-bond acceptors (Lipinski definition) is 3. The molecule has 2 rings (SSSR count). The smallest absolute Gasteiger partial charge is 0.155 e. The Morgan fingerprint density at radius 3 is 2.73 bits per heavy atom. The zero-order chi connectivity index (χ0) is 10.7. The third-order valence-corrected chi connectivity index (χ3v) is 2.16.